The van der Waals surface area contributed by atoms with Crippen LogP contribution < -0.4 is 10.1 Å². The van der Waals surface area contributed by atoms with Crippen LogP contribution in [-0.2, 0) is 20.9 Å². The smallest absolute Gasteiger partial charge is 0.261 e. The van der Waals surface area contributed by atoms with E-state index in [1.54, 1.807) is 38.3 Å². The molecule has 2 aromatic carbocycles. The van der Waals surface area contributed by atoms with Gasteiger partial charge in [-0.2, -0.15) is 0 Å². The number of hydrogen-bond donors (Lipinski definition) is 1. The summed E-state index contributed by atoms with van der Waals surface area (Å²) < 4.78 is 23.7. The molecule has 0 spiro atoms. The predicted octanol–water partition coefficient (Wildman–Crippen LogP) is 2.77. The topological polar surface area (TPSA) is 67.9 Å². The Morgan fingerprint density at radius 2 is 1.79 bits per heavy atom. The van der Waals surface area contributed by atoms with E-state index < -0.39 is 6.04 Å². The maximum absolute atomic E-state index is 13.2. The minimum absolute atomic E-state index is 0.171. The quantitative estimate of drug-likeness (QED) is 0.587. The number of rotatable bonds is 11. The van der Waals surface area contributed by atoms with E-state index in [0.717, 1.165) is 5.56 Å². The monoisotopic (exact) mass is 402 g/mol. The molecular weight excluding hydrogens is 375 g/mol. The first kappa shape index (κ1) is 22.4. The number of nitrogens with one attached hydrogen (secondary N) is 1. The van der Waals surface area contributed by atoms with Crippen LogP contribution in [0.5, 0.6) is 5.75 Å². The molecule has 0 heterocycles. The highest BCUT2D eigenvalue weighted by atomic mass is 19.1. The van der Waals surface area contributed by atoms with Crippen molar-refractivity contribution in [1.82, 2.24) is 10.2 Å². The van der Waals surface area contributed by atoms with Crippen molar-refractivity contribution in [3.63, 3.8) is 0 Å². The van der Waals surface area contributed by atoms with Crippen LogP contribution in [-0.4, -0.2) is 49.6 Å². The van der Waals surface area contributed by atoms with Gasteiger partial charge < -0.3 is 19.7 Å². The third-order valence-electron chi connectivity index (χ3n) is 4.36. The number of carbonyl (C=O) groups is 2. The summed E-state index contributed by atoms with van der Waals surface area (Å²) in [5.41, 5.74) is 0.721. The summed E-state index contributed by atoms with van der Waals surface area (Å²) in [6.07, 6.45) is 0.679. The van der Waals surface area contributed by atoms with E-state index in [1.807, 2.05) is 18.2 Å². The van der Waals surface area contributed by atoms with Gasteiger partial charge in [-0.05, 0) is 43.2 Å². The highest BCUT2D eigenvalue weighted by Crippen LogP contribution is 2.13. The second kappa shape index (κ2) is 11.8. The average molecular weight is 402 g/mol. The molecule has 1 unspecified atom stereocenters. The normalized spacial score (nSPS) is 11.6. The molecular formula is C22H27FN2O4. The molecule has 2 amide bonds. The Kier molecular flexibility index (Phi) is 9.11. The van der Waals surface area contributed by atoms with Crippen LogP contribution in [0.4, 0.5) is 4.39 Å². The van der Waals surface area contributed by atoms with E-state index in [9.17, 15) is 14.0 Å². The summed E-state index contributed by atoms with van der Waals surface area (Å²) in [5, 5.41) is 2.81. The van der Waals surface area contributed by atoms with Gasteiger partial charge in [0.25, 0.3) is 5.91 Å². The van der Waals surface area contributed by atoms with Crippen LogP contribution in [0.2, 0.25) is 0 Å². The van der Waals surface area contributed by atoms with Gasteiger partial charge in [0.2, 0.25) is 5.91 Å². The maximum atomic E-state index is 13.2. The van der Waals surface area contributed by atoms with Crippen LogP contribution in [0.15, 0.2) is 54.6 Å². The molecule has 7 heteroatoms. The Hall–Kier alpha value is -2.93. The van der Waals surface area contributed by atoms with E-state index in [2.05, 4.69) is 5.32 Å². The van der Waals surface area contributed by atoms with Crippen LogP contribution in [0.25, 0.3) is 0 Å². The lowest BCUT2D eigenvalue weighted by Gasteiger charge is -2.28. The maximum Gasteiger partial charge on any atom is 0.261 e. The molecule has 1 N–H and O–H groups in total. The fraction of sp³-hybridized carbons (Fsp3) is 0.364. The number of benzene rings is 2. The molecule has 0 aliphatic heterocycles. The number of amides is 2. The van der Waals surface area contributed by atoms with Gasteiger partial charge in [0.05, 0.1) is 0 Å². The molecule has 0 aliphatic carbocycles. The van der Waals surface area contributed by atoms with E-state index in [4.69, 9.17) is 9.47 Å². The Morgan fingerprint density at radius 1 is 1.10 bits per heavy atom. The summed E-state index contributed by atoms with van der Waals surface area (Å²) in [6, 6.07) is 14.1. The lowest BCUT2D eigenvalue weighted by Crippen LogP contribution is -2.49. The fourth-order valence-corrected chi connectivity index (χ4v) is 2.69. The third-order valence-corrected chi connectivity index (χ3v) is 4.36. The number of para-hydroxylation sites is 1. The molecule has 0 saturated heterocycles. The molecule has 0 saturated carbocycles. The van der Waals surface area contributed by atoms with Gasteiger partial charge in [-0.15, -0.1) is 0 Å². The minimum atomic E-state index is -0.713. The van der Waals surface area contributed by atoms with Gasteiger partial charge in [0.1, 0.15) is 17.6 Å². The summed E-state index contributed by atoms with van der Waals surface area (Å²) in [7, 11) is 1.60. The second-order valence-corrected chi connectivity index (χ2v) is 6.56. The van der Waals surface area contributed by atoms with Crippen molar-refractivity contribution >= 4 is 11.8 Å². The molecule has 2 aromatic rings. The van der Waals surface area contributed by atoms with E-state index in [-0.39, 0.29) is 30.8 Å². The zero-order chi connectivity index (χ0) is 21.1. The van der Waals surface area contributed by atoms with Crippen molar-refractivity contribution in [2.75, 3.05) is 26.9 Å². The second-order valence-electron chi connectivity index (χ2n) is 6.56. The van der Waals surface area contributed by atoms with Crippen molar-refractivity contribution in [3.05, 3.63) is 66.0 Å². The van der Waals surface area contributed by atoms with Crippen LogP contribution in [0, 0.1) is 5.82 Å². The molecule has 0 aromatic heterocycles. The summed E-state index contributed by atoms with van der Waals surface area (Å²) in [6.45, 7) is 2.62. The van der Waals surface area contributed by atoms with Gasteiger partial charge in [0, 0.05) is 26.8 Å². The Balaban J connectivity index is 2.05. The summed E-state index contributed by atoms with van der Waals surface area (Å²) in [4.78, 5) is 26.8. The number of halogens is 1. The van der Waals surface area contributed by atoms with Crippen LogP contribution in [0.3, 0.4) is 0 Å². The van der Waals surface area contributed by atoms with Crippen molar-refractivity contribution in [3.8, 4) is 5.75 Å². The molecule has 6 nitrogen and oxygen atoms in total. The third kappa shape index (κ3) is 7.54. The van der Waals surface area contributed by atoms with E-state index >= 15 is 0 Å². The molecule has 0 fully saturated rings. The SMILES string of the molecule is COCCCNC(=O)C(C)N(Cc1ccc(F)cc1)C(=O)COc1ccccc1. The first-order chi connectivity index (χ1) is 14.0. The predicted molar refractivity (Wildman–Crippen MR) is 108 cm³/mol. The zero-order valence-electron chi connectivity index (χ0n) is 16.8. The standard InChI is InChI=1S/C22H27FN2O4/c1-17(22(27)24-13-6-14-28-2)25(15-18-9-11-19(23)12-10-18)21(26)16-29-20-7-4-3-5-8-20/h3-5,7-12,17H,6,13-16H2,1-2H3,(H,24,27). The lowest BCUT2D eigenvalue weighted by molar-refractivity contribution is -0.142. The van der Waals surface area contributed by atoms with E-state index in [1.165, 1.54) is 17.0 Å². The van der Waals surface area contributed by atoms with Crippen molar-refractivity contribution in [2.24, 2.45) is 0 Å². The summed E-state index contributed by atoms with van der Waals surface area (Å²) >= 11 is 0. The molecule has 29 heavy (non-hydrogen) atoms. The van der Waals surface area contributed by atoms with Crippen molar-refractivity contribution < 1.29 is 23.5 Å². The molecule has 156 valence electrons. The fourth-order valence-electron chi connectivity index (χ4n) is 2.69. The lowest BCUT2D eigenvalue weighted by atomic mass is 10.1. The molecule has 1 atom stereocenters. The zero-order valence-corrected chi connectivity index (χ0v) is 16.8. The number of ether oxygens (including phenoxy) is 2. The number of methoxy groups -OCH3 is 1. The van der Waals surface area contributed by atoms with Crippen molar-refractivity contribution in [2.45, 2.75) is 25.9 Å². The average Bonchev–Trinajstić information content (AvgIpc) is 2.74. The molecule has 0 radical (unpaired) electrons. The van der Waals surface area contributed by atoms with Gasteiger partial charge in [-0.1, -0.05) is 30.3 Å². The Bertz CT molecular complexity index is 768. The van der Waals surface area contributed by atoms with Crippen LogP contribution in [0.1, 0.15) is 18.9 Å². The van der Waals surface area contributed by atoms with Crippen LogP contribution >= 0.6 is 0 Å². The highest BCUT2D eigenvalue weighted by Gasteiger charge is 2.26. The Labute approximate surface area is 170 Å². The number of carbonyl (C=O) groups excluding carboxylic acids is 2. The molecule has 0 bridgehead atoms. The van der Waals surface area contributed by atoms with Gasteiger partial charge in [-0.25, -0.2) is 4.39 Å². The number of hydrogen-bond acceptors (Lipinski definition) is 4. The van der Waals surface area contributed by atoms with E-state index in [0.29, 0.717) is 25.3 Å². The first-order valence-corrected chi connectivity index (χ1v) is 9.49. The first-order valence-electron chi connectivity index (χ1n) is 9.49. The summed E-state index contributed by atoms with van der Waals surface area (Å²) in [5.74, 6) is -0.392. The minimum Gasteiger partial charge on any atom is -0.484 e. The number of nitrogens with zero attached hydrogens (tertiary/aromatic N) is 1. The Morgan fingerprint density at radius 3 is 2.45 bits per heavy atom. The van der Waals surface area contributed by atoms with Gasteiger partial charge >= 0.3 is 0 Å². The van der Waals surface area contributed by atoms with Gasteiger partial charge in [-0.3, -0.25) is 9.59 Å². The largest absolute Gasteiger partial charge is 0.484 e. The molecule has 0 aliphatic rings. The van der Waals surface area contributed by atoms with Gasteiger partial charge in [0.15, 0.2) is 6.61 Å². The van der Waals surface area contributed by atoms with Crippen molar-refractivity contribution in [1.29, 1.82) is 0 Å². The molecule has 2 rings (SSSR count). The highest BCUT2D eigenvalue weighted by molar-refractivity contribution is 5.87.